The summed E-state index contributed by atoms with van der Waals surface area (Å²) < 4.78 is 2.04. The summed E-state index contributed by atoms with van der Waals surface area (Å²) in [5.41, 5.74) is 8.18. The molecule has 0 saturated heterocycles. The van der Waals surface area contributed by atoms with Gasteiger partial charge in [-0.1, -0.05) is 49.7 Å². The number of anilines is 1. The second-order valence-corrected chi connectivity index (χ2v) is 5.09. The van der Waals surface area contributed by atoms with Crippen molar-refractivity contribution in [3.05, 3.63) is 48.8 Å². The van der Waals surface area contributed by atoms with Crippen molar-refractivity contribution in [2.75, 3.05) is 5.73 Å². The van der Waals surface area contributed by atoms with Gasteiger partial charge in [-0.2, -0.15) is 0 Å². The van der Waals surface area contributed by atoms with Gasteiger partial charge in [0.1, 0.15) is 11.5 Å². The summed E-state index contributed by atoms with van der Waals surface area (Å²) in [5.74, 6) is 0.758. The molecule has 1 aromatic heterocycles. The van der Waals surface area contributed by atoms with E-state index in [1.54, 1.807) is 0 Å². The highest BCUT2D eigenvalue weighted by Gasteiger charge is 2.09. The van der Waals surface area contributed by atoms with Crippen LogP contribution in [0.3, 0.4) is 0 Å². The Kier molecular flexibility index (Phi) is 3.42. The highest BCUT2D eigenvalue weighted by molar-refractivity contribution is 5.88. The van der Waals surface area contributed by atoms with Gasteiger partial charge in [-0.15, -0.1) is 0 Å². The van der Waals surface area contributed by atoms with Crippen LogP contribution in [-0.2, 0) is 6.54 Å². The predicted octanol–water partition coefficient (Wildman–Crippen LogP) is 4.09. The Hall–Kier alpha value is -2.29. The lowest BCUT2D eigenvalue weighted by Crippen LogP contribution is -2.01. The molecule has 0 bridgehead atoms. The van der Waals surface area contributed by atoms with Crippen LogP contribution in [0.5, 0.6) is 0 Å². The molecule has 0 radical (unpaired) electrons. The number of rotatable bonds is 4. The number of nitrogens with two attached hydrogens (primary N) is 1. The molecule has 0 spiro atoms. The monoisotopic (exact) mass is 265 g/mol. The molecule has 0 aliphatic heterocycles. The van der Waals surface area contributed by atoms with Gasteiger partial charge in [0.2, 0.25) is 0 Å². The van der Waals surface area contributed by atoms with Crippen molar-refractivity contribution in [3.63, 3.8) is 0 Å². The van der Waals surface area contributed by atoms with Crippen molar-refractivity contribution in [2.45, 2.75) is 26.3 Å². The third-order valence-electron chi connectivity index (χ3n) is 3.65. The number of unbranched alkanes of at least 4 members (excludes halogenated alkanes) is 1. The molecular formula is C17H19N3. The van der Waals surface area contributed by atoms with Crippen LogP contribution in [0.2, 0.25) is 0 Å². The average molecular weight is 265 g/mol. The van der Waals surface area contributed by atoms with Gasteiger partial charge in [0, 0.05) is 12.1 Å². The molecular weight excluding hydrogens is 246 g/mol. The van der Waals surface area contributed by atoms with E-state index >= 15 is 0 Å². The van der Waals surface area contributed by atoms with E-state index in [0.29, 0.717) is 0 Å². The first-order valence-electron chi connectivity index (χ1n) is 7.09. The molecule has 1 heterocycles. The second kappa shape index (κ2) is 5.37. The average Bonchev–Trinajstić information content (AvgIpc) is 2.85. The van der Waals surface area contributed by atoms with Crippen molar-refractivity contribution >= 4 is 16.6 Å². The summed E-state index contributed by atoms with van der Waals surface area (Å²) in [6, 6.07) is 14.7. The largest absolute Gasteiger partial charge is 0.383 e. The summed E-state index contributed by atoms with van der Waals surface area (Å²) in [5, 5.41) is 2.45. The van der Waals surface area contributed by atoms with Gasteiger partial charge in [0.15, 0.2) is 0 Å². The zero-order valence-electron chi connectivity index (χ0n) is 11.7. The van der Waals surface area contributed by atoms with E-state index in [-0.39, 0.29) is 0 Å². The fourth-order valence-corrected chi connectivity index (χ4v) is 2.46. The van der Waals surface area contributed by atoms with Crippen molar-refractivity contribution in [2.24, 2.45) is 0 Å². The molecule has 0 amide bonds. The Morgan fingerprint density at radius 2 is 1.90 bits per heavy atom. The SMILES string of the molecule is CCCCn1cnc(-c2ccc3ccccc3c2)c1N. The first-order chi connectivity index (χ1) is 9.79. The molecule has 3 aromatic rings. The zero-order valence-corrected chi connectivity index (χ0v) is 11.7. The summed E-state index contributed by atoms with van der Waals surface area (Å²) in [7, 11) is 0. The minimum atomic E-state index is 0.758. The first kappa shape index (κ1) is 12.7. The normalized spacial score (nSPS) is 11.1. The van der Waals surface area contributed by atoms with Crippen molar-refractivity contribution < 1.29 is 0 Å². The maximum atomic E-state index is 6.22. The van der Waals surface area contributed by atoms with Crippen LogP contribution in [0, 0.1) is 0 Å². The molecule has 102 valence electrons. The number of aromatic nitrogens is 2. The number of nitrogen functional groups attached to an aromatic ring is 1. The Labute approximate surface area is 119 Å². The Morgan fingerprint density at radius 1 is 1.10 bits per heavy atom. The summed E-state index contributed by atoms with van der Waals surface area (Å²) in [6.45, 7) is 3.11. The third kappa shape index (κ3) is 2.27. The van der Waals surface area contributed by atoms with Gasteiger partial charge in [0.05, 0.1) is 6.33 Å². The molecule has 0 aliphatic rings. The standard InChI is InChI=1S/C17H19N3/c1-2-3-10-20-12-19-16(17(20)18)15-9-8-13-6-4-5-7-14(13)11-15/h4-9,11-12H,2-3,10,18H2,1H3. The number of imidazole rings is 1. The quantitative estimate of drug-likeness (QED) is 0.772. The molecule has 3 rings (SSSR count). The summed E-state index contributed by atoms with van der Waals surface area (Å²) >= 11 is 0. The van der Waals surface area contributed by atoms with E-state index in [9.17, 15) is 0 Å². The lowest BCUT2D eigenvalue weighted by atomic mass is 10.1. The van der Waals surface area contributed by atoms with Crippen LogP contribution in [0.15, 0.2) is 48.8 Å². The van der Waals surface area contributed by atoms with Gasteiger partial charge in [0.25, 0.3) is 0 Å². The van der Waals surface area contributed by atoms with E-state index in [2.05, 4.69) is 54.4 Å². The molecule has 0 aliphatic carbocycles. The zero-order chi connectivity index (χ0) is 13.9. The van der Waals surface area contributed by atoms with E-state index < -0.39 is 0 Å². The maximum Gasteiger partial charge on any atom is 0.131 e. The lowest BCUT2D eigenvalue weighted by Gasteiger charge is -2.05. The molecule has 20 heavy (non-hydrogen) atoms. The number of benzene rings is 2. The molecule has 2 N–H and O–H groups in total. The fourth-order valence-electron chi connectivity index (χ4n) is 2.46. The van der Waals surface area contributed by atoms with Crippen LogP contribution >= 0.6 is 0 Å². The van der Waals surface area contributed by atoms with Crippen LogP contribution in [-0.4, -0.2) is 9.55 Å². The first-order valence-corrected chi connectivity index (χ1v) is 7.09. The Morgan fingerprint density at radius 3 is 2.70 bits per heavy atom. The van der Waals surface area contributed by atoms with Crippen LogP contribution < -0.4 is 5.73 Å². The second-order valence-electron chi connectivity index (χ2n) is 5.09. The number of fused-ring (bicyclic) bond motifs is 1. The molecule has 0 fully saturated rings. The van der Waals surface area contributed by atoms with Gasteiger partial charge in [-0.25, -0.2) is 4.98 Å². The molecule has 3 heteroatoms. The Bertz CT molecular complexity index is 728. The van der Waals surface area contributed by atoms with Gasteiger partial charge < -0.3 is 10.3 Å². The van der Waals surface area contributed by atoms with Gasteiger partial charge in [-0.05, 0) is 23.3 Å². The van der Waals surface area contributed by atoms with E-state index in [0.717, 1.165) is 36.5 Å². The molecule has 3 nitrogen and oxygen atoms in total. The molecule has 2 aromatic carbocycles. The van der Waals surface area contributed by atoms with Crippen molar-refractivity contribution in [1.82, 2.24) is 9.55 Å². The number of nitrogens with zero attached hydrogens (tertiary/aromatic N) is 2. The highest BCUT2D eigenvalue weighted by Crippen LogP contribution is 2.27. The molecule has 0 saturated carbocycles. The fraction of sp³-hybridized carbons (Fsp3) is 0.235. The van der Waals surface area contributed by atoms with Crippen LogP contribution in [0.4, 0.5) is 5.82 Å². The van der Waals surface area contributed by atoms with Crippen LogP contribution in [0.25, 0.3) is 22.0 Å². The predicted molar refractivity (Wildman–Crippen MR) is 84.5 cm³/mol. The topological polar surface area (TPSA) is 43.8 Å². The minimum absolute atomic E-state index is 0.758. The van der Waals surface area contributed by atoms with Crippen LogP contribution in [0.1, 0.15) is 19.8 Å². The molecule has 0 atom stereocenters. The third-order valence-corrected chi connectivity index (χ3v) is 3.65. The van der Waals surface area contributed by atoms with E-state index in [4.69, 9.17) is 5.73 Å². The maximum absolute atomic E-state index is 6.22. The smallest absolute Gasteiger partial charge is 0.131 e. The van der Waals surface area contributed by atoms with Gasteiger partial charge >= 0.3 is 0 Å². The van der Waals surface area contributed by atoms with E-state index in [1.165, 1.54) is 10.8 Å². The van der Waals surface area contributed by atoms with Crippen molar-refractivity contribution in [1.29, 1.82) is 0 Å². The number of hydrogen-bond acceptors (Lipinski definition) is 2. The summed E-state index contributed by atoms with van der Waals surface area (Å²) in [6.07, 6.45) is 4.12. The summed E-state index contributed by atoms with van der Waals surface area (Å²) in [4.78, 5) is 4.48. The minimum Gasteiger partial charge on any atom is -0.383 e. The molecule has 0 unspecified atom stereocenters. The number of hydrogen-bond donors (Lipinski definition) is 1. The van der Waals surface area contributed by atoms with E-state index in [1.807, 2.05) is 10.9 Å². The lowest BCUT2D eigenvalue weighted by molar-refractivity contribution is 0.637. The highest BCUT2D eigenvalue weighted by atomic mass is 15.1. The van der Waals surface area contributed by atoms with Gasteiger partial charge in [-0.3, -0.25) is 0 Å². The Balaban J connectivity index is 2.00. The van der Waals surface area contributed by atoms with Crippen molar-refractivity contribution in [3.8, 4) is 11.3 Å². The number of aryl methyl sites for hydroxylation is 1.